The molecule has 2 saturated heterocycles. The third-order valence-corrected chi connectivity index (χ3v) is 6.53. The van der Waals surface area contributed by atoms with Crippen LogP contribution in [0.25, 0.3) is 0 Å². The summed E-state index contributed by atoms with van der Waals surface area (Å²) in [5.41, 5.74) is 1.30. The molecular formula is C22H36IN5O2. The molecule has 8 heteroatoms. The van der Waals surface area contributed by atoms with E-state index in [0.717, 1.165) is 51.0 Å². The Morgan fingerprint density at radius 2 is 2.17 bits per heavy atom. The van der Waals surface area contributed by atoms with Crippen LogP contribution in [-0.4, -0.2) is 62.0 Å². The molecule has 3 aliphatic rings. The fraction of sp³-hybridized carbons (Fsp3) is 0.727. The number of hydrogen-bond donors (Lipinski definition) is 2. The molecule has 4 rings (SSSR count). The van der Waals surface area contributed by atoms with E-state index in [1.807, 2.05) is 6.20 Å². The van der Waals surface area contributed by atoms with Crippen molar-refractivity contribution in [3.05, 3.63) is 23.9 Å². The fourth-order valence-electron chi connectivity index (χ4n) is 5.01. The van der Waals surface area contributed by atoms with Gasteiger partial charge in [0.05, 0.1) is 25.4 Å². The quantitative estimate of drug-likeness (QED) is 0.348. The summed E-state index contributed by atoms with van der Waals surface area (Å²) in [6, 6.07) is 4.60. The number of halogens is 1. The first kappa shape index (κ1) is 23.5. The van der Waals surface area contributed by atoms with Gasteiger partial charge in [-0.2, -0.15) is 0 Å². The number of pyridine rings is 1. The lowest BCUT2D eigenvalue weighted by molar-refractivity contribution is -0.106. The molecule has 0 spiro atoms. The lowest BCUT2D eigenvalue weighted by Gasteiger charge is -2.54. The predicted molar refractivity (Wildman–Crippen MR) is 131 cm³/mol. The molecule has 1 saturated carbocycles. The van der Waals surface area contributed by atoms with Crippen LogP contribution in [-0.2, 0) is 16.0 Å². The Morgan fingerprint density at radius 3 is 2.93 bits per heavy atom. The summed E-state index contributed by atoms with van der Waals surface area (Å²) in [5.74, 6) is 2.48. The summed E-state index contributed by atoms with van der Waals surface area (Å²) in [4.78, 5) is 11.7. The monoisotopic (exact) mass is 529 g/mol. The molecule has 1 aromatic rings. The van der Waals surface area contributed by atoms with Gasteiger partial charge in [0.1, 0.15) is 5.82 Å². The minimum Gasteiger partial charge on any atom is -0.377 e. The summed E-state index contributed by atoms with van der Waals surface area (Å²) >= 11 is 0. The van der Waals surface area contributed by atoms with Gasteiger partial charge in [-0.05, 0) is 38.0 Å². The van der Waals surface area contributed by atoms with Crippen LogP contribution in [0.1, 0.15) is 39.7 Å². The summed E-state index contributed by atoms with van der Waals surface area (Å²) in [6.07, 6.45) is 3.64. The van der Waals surface area contributed by atoms with Crippen LogP contribution < -0.4 is 15.5 Å². The molecule has 4 atom stereocenters. The lowest BCUT2D eigenvalue weighted by atomic mass is 9.57. The van der Waals surface area contributed by atoms with Gasteiger partial charge in [0.15, 0.2) is 5.96 Å². The van der Waals surface area contributed by atoms with Gasteiger partial charge in [0.2, 0.25) is 0 Å². The van der Waals surface area contributed by atoms with Crippen LogP contribution in [0.2, 0.25) is 0 Å². The second-order valence-corrected chi connectivity index (χ2v) is 9.03. The van der Waals surface area contributed by atoms with E-state index in [2.05, 4.69) is 60.3 Å². The number of aliphatic imine (C=N–C) groups is 1. The van der Waals surface area contributed by atoms with Crippen LogP contribution in [0.3, 0.4) is 0 Å². The average Bonchev–Trinajstić information content (AvgIpc) is 3.17. The number of nitrogens with one attached hydrogen (secondary N) is 2. The molecule has 2 aliphatic heterocycles. The number of aromatic nitrogens is 1. The maximum absolute atomic E-state index is 5.93. The van der Waals surface area contributed by atoms with Gasteiger partial charge in [0, 0.05) is 49.8 Å². The first-order valence-electron chi connectivity index (χ1n) is 11.0. The van der Waals surface area contributed by atoms with Crippen LogP contribution in [0.15, 0.2) is 23.3 Å². The molecule has 168 valence electrons. The molecule has 7 nitrogen and oxygen atoms in total. The van der Waals surface area contributed by atoms with E-state index >= 15 is 0 Å². The molecular weight excluding hydrogens is 493 g/mol. The molecule has 3 fully saturated rings. The summed E-state index contributed by atoms with van der Waals surface area (Å²) in [6.45, 7) is 13.7. The van der Waals surface area contributed by atoms with Crippen molar-refractivity contribution in [2.45, 2.75) is 58.9 Å². The zero-order chi connectivity index (χ0) is 20.4. The molecule has 3 heterocycles. The highest BCUT2D eigenvalue weighted by atomic mass is 127. The Morgan fingerprint density at radius 1 is 1.33 bits per heavy atom. The van der Waals surface area contributed by atoms with Gasteiger partial charge in [-0.1, -0.05) is 13.8 Å². The number of anilines is 1. The highest BCUT2D eigenvalue weighted by molar-refractivity contribution is 14.0. The Kier molecular flexibility index (Phi) is 7.84. The van der Waals surface area contributed by atoms with E-state index in [-0.39, 0.29) is 35.5 Å². The number of nitrogens with zero attached hydrogens (tertiary/aromatic N) is 3. The smallest absolute Gasteiger partial charge is 0.191 e. The minimum absolute atomic E-state index is 0. The van der Waals surface area contributed by atoms with Crippen LogP contribution in [0.4, 0.5) is 5.82 Å². The number of ether oxygens (including phenoxy) is 2. The second-order valence-electron chi connectivity index (χ2n) is 9.03. The van der Waals surface area contributed by atoms with Gasteiger partial charge in [-0.25, -0.2) is 9.98 Å². The van der Waals surface area contributed by atoms with E-state index in [1.165, 1.54) is 5.56 Å². The molecule has 1 aliphatic carbocycles. The average molecular weight is 529 g/mol. The predicted octanol–water partition coefficient (Wildman–Crippen LogP) is 2.79. The van der Waals surface area contributed by atoms with Crippen molar-refractivity contribution in [2.75, 3.05) is 37.7 Å². The van der Waals surface area contributed by atoms with Crippen molar-refractivity contribution < 1.29 is 9.47 Å². The third-order valence-electron chi connectivity index (χ3n) is 6.53. The Hall–Kier alpha value is -1.13. The number of fused-ring (bicyclic) bond motifs is 1. The lowest BCUT2D eigenvalue weighted by Crippen LogP contribution is -2.67. The van der Waals surface area contributed by atoms with E-state index in [4.69, 9.17) is 14.5 Å². The van der Waals surface area contributed by atoms with Crippen molar-refractivity contribution in [1.29, 1.82) is 0 Å². The first-order chi connectivity index (χ1) is 14.0. The van der Waals surface area contributed by atoms with Crippen molar-refractivity contribution in [1.82, 2.24) is 15.6 Å². The molecule has 0 amide bonds. The van der Waals surface area contributed by atoms with Crippen molar-refractivity contribution in [3.63, 3.8) is 0 Å². The molecule has 0 aromatic carbocycles. The standard InChI is InChI=1S/C22H35N5O2.HI/c1-5-23-21(26-19-17-7-10-29-20(17)22(19,3)4)25-13-16-6-8-24-18(12-16)27-9-11-28-15(2)14-27;/h6,8,12,15,17,19-20H,5,7,9-11,13-14H2,1-4H3,(H2,23,25,26);1H. The Labute approximate surface area is 197 Å². The minimum atomic E-state index is 0. The van der Waals surface area contributed by atoms with Crippen LogP contribution in [0, 0.1) is 11.3 Å². The fourth-order valence-corrected chi connectivity index (χ4v) is 5.01. The maximum Gasteiger partial charge on any atom is 0.191 e. The van der Waals surface area contributed by atoms with E-state index in [0.29, 0.717) is 24.6 Å². The summed E-state index contributed by atoms with van der Waals surface area (Å²) in [5, 5.41) is 7.10. The zero-order valence-corrected chi connectivity index (χ0v) is 20.9. The Balaban J connectivity index is 0.00000256. The van der Waals surface area contributed by atoms with Gasteiger partial charge in [-0.15, -0.1) is 24.0 Å². The third kappa shape index (κ3) is 4.85. The maximum atomic E-state index is 5.93. The number of guanidine groups is 1. The van der Waals surface area contributed by atoms with Gasteiger partial charge in [0.25, 0.3) is 0 Å². The summed E-state index contributed by atoms with van der Waals surface area (Å²) < 4.78 is 11.6. The van der Waals surface area contributed by atoms with Crippen molar-refractivity contribution in [3.8, 4) is 0 Å². The highest BCUT2D eigenvalue weighted by Gasteiger charge is 2.59. The van der Waals surface area contributed by atoms with Crippen molar-refractivity contribution in [2.24, 2.45) is 16.3 Å². The van der Waals surface area contributed by atoms with E-state index in [9.17, 15) is 0 Å². The topological polar surface area (TPSA) is 71.0 Å². The van der Waals surface area contributed by atoms with Crippen LogP contribution >= 0.6 is 24.0 Å². The first-order valence-corrected chi connectivity index (χ1v) is 11.0. The van der Waals surface area contributed by atoms with Crippen LogP contribution in [0.5, 0.6) is 0 Å². The number of hydrogen-bond acceptors (Lipinski definition) is 5. The second kappa shape index (κ2) is 9.99. The summed E-state index contributed by atoms with van der Waals surface area (Å²) in [7, 11) is 0. The number of morpholine rings is 1. The van der Waals surface area contributed by atoms with E-state index < -0.39 is 0 Å². The highest BCUT2D eigenvalue weighted by Crippen LogP contribution is 2.52. The van der Waals surface area contributed by atoms with Gasteiger partial charge < -0.3 is 25.0 Å². The van der Waals surface area contributed by atoms with Gasteiger partial charge in [-0.3, -0.25) is 0 Å². The normalized spacial score (nSPS) is 30.1. The van der Waals surface area contributed by atoms with Crippen molar-refractivity contribution >= 4 is 35.8 Å². The zero-order valence-electron chi connectivity index (χ0n) is 18.6. The van der Waals surface area contributed by atoms with Gasteiger partial charge >= 0.3 is 0 Å². The molecule has 4 unspecified atom stereocenters. The largest absolute Gasteiger partial charge is 0.377 e. The molecule has 1 aromatic heterocycles. The molecule has 2 N–H and O–H groups in total. The number of rotatable bonds is 5. The SMILES string of the molecule is CCNC(=NCc1ccnc(N2CCOC(C)C2)c1)NC1C2CCOC2C1(C)C.I. The Bertz CT molecular complexity index is 744. The molecule has 0 radical (unpaired) electrons. The van der Waals surface area contributed by atoms with E-state index in [1.54, 1.807) is 0 Å². The molecule has 0 bridgehead atoms. The molecule has 30 heavy (non-hydrogen) atoms.